The number of pyridine rings is 1. The Hall–Kier alpha value is -3.14. The fourth-order valence-electron chi connectivity index (χ4n) is 4.13. The van der Waals surface area contributed by atoms with Crippen molar-refractivity contribution in [3.63, 3.8) is 0 Å². The first-order chi connectivity index (χ1) is 14.9. The predicted molar refractivity (Wildman–Crippen MR) is 109 cm³/mol. The summed E-state index contributed by atoms with van der Waals surface area (Å²) in [5.41, 5.74) is 2.52. The van der Waals surface area contributed by atoms with Gasteiger partial charge in [-0.3, -0.25) is 4.40 Å². The summed E-state index contributed by atoms with van der Waals surface area (Å²) >= 11 is 0. The quantitative estimate of drug-likeness (QED) is 0.443. The van der Waals surface area contributed by atoms with Gasteiger partial charge in [0.15, 0.2) is 11.5 Å². The Morgan fingerprint density at radius 1 is 1.23 bits per heavy atom. The molecule has 0 amide bonds. The summed E-state index contributed by atoms with van der Waals surface area (Å²) in [4.78, 5) is 15.9. The van der Waals surface area contributed by atoms with E-state index in [9.17, 15) is 18.3 Å². The molecule has 0 bridgehead atoms. The minimum Gasteiger partial charge on any atom is -0.390 e. The maximum absolute atomic E-state index is 14.5. The smallest absolute Gasteiger partial charge is 0.248 e. The number of imidazole rings is 1. The van der Waals surface area contributed by atoms with Crippen molar-refractivity contribution >= 4 is 22.6 Å². The fraction of sp³-hybridized carbons (Fsp3) is 0.381. The number of aliphatic hydroxyl groups is 1. The third kappa shape index (κ3) is 3.71. The van der Waals surface area contributed by atoms with Crippen molar-refractivity contribution in [2.24, 2.45) is 5.92 Å². The van der Waals surface area contributed by atoms with Gasteiger partial charge in [-0.1, -0.05) is 0 Å². The Morgan fingerprint density at radius 3 is 2.81 bits per heavy atom. The third-order valence-corrected chi connectivity index (χ3v) is 5.93. The molecule has 0 aromatic carbocycles. The van der Waals surface area contributed by atoms with Gasteiger partial charge in [-0.05, 0) is 24.8 Å². The molecule has 31 heavy (non-hydrogen) atoms. The Kier molecular flexibility index (Phi) is 4.81. The fourth-order valence-corrected chi connectivity index (χ4v) is 4.13. The Labute approximate surface area is 175 Å². The van der Waals surface area contributed by atoms with Gasteiger partial charge in [0.2, 0.25) is 11.9 Å². The molecule has 10 heteroatoms. The molecule has 7 nitrogen and oxygen atoms in total. The van der Waals surface area contributed by atoms with E-state index < -0.39 is 11.7 Å². The number of rotatable bonds is 5. The zero-order valence-electron chi connectivity index (χ0n) is 16.6. The van der Waals surface area contributed by atoms with Crippen LogP contribution in [0.25, 0.3) is 27.8 Å². The van der Waals surface area contributed by atoms with Crippen LogP contribution in [0.5, 0.6) is 0 Å². The first-order valence-electron chi connectivity index (χ1n) is 10.2. The standard InChI is InChI=1S/C21H21F3N6O/c22-17-5-13(10-30-14(11-31)7-26-19(17)30)15-8-25-18-16(15)9-28-20(29-18)27-6-12-1-3-21(23,24)4-2-12/h5,7-10,12,31H,1-4,6,11H2,(H2,25,27,28,29). The van der Waals surface area contributed by atoms with Crippen molar-refractivity contribution in [1.82, 2.24) is 24.3 Å². The lowest BCUT2D eigenvalue weighted by atomic mass is 9.87. The summed E-state index contributed by atoms with van der Waals surface area (Å²) in [7, 11) is 0. The molecule has 4 heterocycles. The maximum Gasteiger partial charge on any atom is 0.248 e. The lowest BCUT2D eigenvalue weighted by Gasteiger charge is -2.28. The molecule has 0 atom stereocenters. The number of hydrogen-bond acceptors (Lipinski definition) is 5. The topological polar surface area (TPSA) is 91.1 Å². The summed E-state index contributed by atoms with van der Waals surface area (Å²) in [6, 6.07) is 1.39. The largest absolute Gasteiger partial charge is 0.390 e. The first kappa shape index (κ1) is 19.8. The van der Waals surface area contributed by atoms with E-state index in [4.69, 9.17) is 0 Å². The van der Waals surface area contributed by atoms with Crippen LogP contribution in [-0.4, -0.2) is 41.9 Å². The van der Waals surface area contributed by atoms with Crippen molar-refractivity contribution < 1.29 is 18.3 Å². The summed E-state index contributed by atoms with van der Waals surface area (Å²) < 4.78 is 42.6. The van der Waals surface area contributed by atoms with Gasteiger partial charge in [0.25, 0.3) is 0 Å². The second kappa shape index (κ2) is 7.52. The molecule has 4 aromatic heterocycles. The SMILES string of the molecule is OCc1cnc2c(F)cc(-c3c[nH]c4nc(NCC5CCC(F)(F)CC5)ncc34)cn12. The number of anilines is 1. The second-order valence-electron chi connectivity index (χ2n) is 8.02. The number of nitrogens with one attached hydrogen (secondary N) is 2. The van der Waals surface area contributed by atoms with Gasteiger partial charge in [-0.15, -0.1) is 0 Å². The van der Waals surface area contributed by atoms with Crippen LogP contribution in [0.2, 0.25) is 0 Å². The van der Waals surface area contributed by atoms with Crippen molar-refractivity contribution in [2.45, 2.75) is 38.2 Å². The highest BCUT2D eigenvalue weighted by molar-refractivity contribution is 5.93. The molecule has 0 unspecified atom stereocenters. The molecule has 1 fully saturated rings. The van der Waals surface area contributed by atoms with Crippen molar-refractivity contribution in [3.8, 4) is 11.1 Å². The third-order valence-electron chi connectivity index (χ3n) is 5.93. The van der Waals surface area contributed by atoms with Crippen molar-refractivity contribution in [1.29, 1.82) is 0 Å². The lowest BCUT2D eigenvalue weighted by Crippen LogP contribution is -2.28. The van der Waals surface area contributed by atoms with E-state index in [1.165, 1.54) is 16.7 Å². The second-order valence-corrected chi connectivity index (χ2v) is 8.02. The molecule has 1 aliphatic rings. The minimum absolute atomic E-state index is 0.0744. The van der Waals surface area contributed by atoms with Crippen LogP contribution in [0.1, 0.15) is 31.4 Å². The van der Waals surface area contributed by atoms with Gasteiger partial charge < -0.3 is 15.4 Å². The van der Waals surface area contributed by atoms with Crippen LogP contribution < -0.4 is 5.32 Å². The van der Waals surface area contributed by atoms with Gasteiger partial charge in [0.05, 0.1) is 18.5 Å². The maximum atomic E-state index is 14.5. The van der Waals surface area contributed by atoms with Gasteiger partial charge in [0, 0.05) is 54.5 Å². The van der Waals surface area contributed by atoms with E-state index in [2.05, 4.69) is 25.3 Å². The Bertz CT molecular complexity index is 1240. The molecule has 3 N–H and O–H groups in total. The number of alkyl halides is 2. The number of halogens is 3. The zero-order valence-corrected chi connectivity index (χ0v) is 16.6. The number of aliphatic hydroxyl groups excluding tert-OH is 1. The van der Waals surface area contributed by atoms with E-state index >= 15 is 0 Å². The lowest BCUT2D eigenvalue weighted by molar-refractivity contribution is -0.0443. The number of aromatic nitrogens is 5. The predicted octanol–water partition coefficient (Wildman–Crippen LogP) is 4.14. The molecule has 0 spiro atoms. The van der Waals surface area contributed by atoms with Crippen LogP contribution in [0.4, 0.5) is 19.1 Å². The molecule has 0 saturated heterocycles. The normalized spacial score (nSPS) is 16.9. The minimum atomic E-state index is -2.54. The number of hydrogen-bond donors (Lipinski definition) is 3. The van der Waals surface area contributed by atoms with E-state index in [1.807, 2.05) is 0 Å². The number of H-pyrrole nitrogens is 1. The van der Waals surface area contributed by atoms with Crippen LogP contribution in [0, 0.1) is 11.7 Å². The highest BCUT2D eigenvalue weighted by Crippen LogP contribution is 2.36. The average molecular weight is 430 g/mol. The molecule has 1 aliphatic carbocycles. The highest BCUT2D eigenvalue weighted by atomic mass is 19.3. The monoisotopic (exact) mass is 430 g/mol. The first-order valence-corrected chi connectivity index (χ1v) is 10.2. The van der Waals surface area contributed by atoms with Crippen LogP contribution in [0.3, 0.4) is 0 Å². The van der Waals surface area contributed by atoms with E-state index in [0.29, 0.717) is 47.6 Å². The van der Waals surface area contributed by atoms with Crippen LogP contribution in [-0.2, 0) is 6.61 Å². The molecule has 162 valence electrons. The number of nitrogens with zero attached hydrogens (tertiary/aromatic N) is 4. The molecular weight excluding hydrogens is 409 g/mol. The Morgan fingerprint density at radius 2 is 2.03 bits per heavy atom. The summed E-state index contributed by atoms with van der Waals surface area (Å²) in [5.74, 6) is -2.45. The van der Waals surface area contributed by atoms with E-state index in [-0.39, 0.29) is 31.0 Å². The molecule has 0 radical (unpaired) electrons. The van der Waals surface area contributed by atoms with Gasteiger partial charge in [-0.2, -0.15) is 4.98 Å². The van der Waals surface area contributed by atoms with E-state index in [0.717, 1.165) is 5.56 Å². The van der Waals surface area contributed by atoms with Crippen molar-refractivity contribution in [3.05, 3.63) is 42.4 Å². The Balaban J connectivity index is 1.38. The molecule has 1 saturated carbocycles. The molecular formula is C21H21F3N6O. The molecule has 0 aliphatic heterocycles. The van der Waals surface area contributed by atoms with Crippen LogP contribution in [0.15, 0.2) is 30.9 Å². The molecule has 4 aromatic rings. The van der Waals surface area contributed by atoms with E-state index in [1.54, 1.807) is 18.6 Å². The van der Waals surface area contributed by atoms with Gasteiger partial charge in [0.1, 0.15) is 5.65 Å². The summed E-state index contributed by atoms with van der Waals surface area (Å²) in [5, 5.41) is 13.3. The summed E-state index contributed by atoms with van der Waals surface area (Å²) in [6.45, 7) is 0.288. The molecule has 5 rings (SSSR count). The summed E-state index contributed by atoms with van der Waals surface area (Å²) in [6.07, 6.45) is 7.33. The number of aromatic amines is 1. The number of fused-ring (bicyclic) bond motifs is 2. The highest BCUT2D eigenvalue weighted by Gasteiger charge is 2.34. The zero-order chi connectivity index (χ0) is 21.6. The van der Waals surface area contributed by atoms with Crippen molar-refractivity contribution in [2.75, 3.05) is 11.9 Å². The average Bonchev–Trinajstić information content (AvgIpc) is 3.36. The van der Waals surface area contributed by atoms with Gasteiger partial charge in [-0.25, -0.2) is 23.1 Å². The van der Waals surface area contributed by atoms with Crippen LogP contribution >= 0.6 is 0 Å². The van der Waals surface area contributed by atoms with Gasteiger partial charge >= 0.3 is 0 Å².